The Morgan fingerprint density at radius 2 is 1.83 bits per heavy atom. The largest absolute Gasteiger partial charge is 0.490 e. The average molecular weight is 467 g/mol. The Balaban J connectivity index is 1.29. The first kappa shape index (κ1) is 21.9. The second kappa shape index (κ2) is 9.59. The number of nitrogens with one attached hydrogen (secondary N) is 1. The molecule has 3 heterocycles. The summed E-state index contributed by atoms with van der Waals surface area (Å²) in [5.74, 6) is 0.688. The van der Waals surface area contributed by atoms with E-state index in [9.17, 15) is 5.26 Å². The van der Waals surface area contributed by atoms with Gasteiger partial charge in [0.2, 0.25) is 0 Å². The second-order valence-corrected chi connectivity index (χ2v) is 9.68. The zero-order valence-electron chi connectivity index (χ0n) is 19.8. The molecule has 2 aromatic carbocycles. The summed E-state index contributed by atoms with van der Waals surface area (Å²) in [5.41, 5.74) is 5.41. The number of nitriles is 1. The molecule has 1 saturated heterocycles. The molecule has 1 aromatic heterocycles. The maximum Gasteiger partial charge on any atom is 0.121 e. The molecule has 0 bridgehead atoms. The highest BCUT2D eigenvalue weighted by atomic mass is 16.5. The van der Waals surface area contributed by atoms with E-state index in [0.29, 0.717) is 6.04 Å². The number of benzene rings is 2. The maximum absolute atomic E-state index is 10.3. The highest BCUT2D eigenvalue weighted by molar-refractivity contribution is 5.69. The van der Waals surface area contributed by atoms with Gasteiger partial charge in [0.1, 0.15) is 11.9 Å². The summed E-state index contributed by atoms with van der Waals surface area (Å²) in [7, 11) is 0. The fourth-order valence-corrected chi connectivity index (χ4v) is 5.50. The van der Waals surface area contributed by atoms with Crippen molar-refractivity contribution in [2.75, 3.05) is 23.4 Å². The molecule has 1 N–H and O–H groups in total. The lowest BCUT2D eigenvalue weighted by atomic mass is 9.87. The van der Waals surface area contributed by atoms with E-state index < -0.39 is 0 Å². The zero-order chi connectivity index (χ0) is 23.6. The van der Waals surface area contributed by atoms with Crippen molar-refractivity contribution < 1.29 is 9.47 Å². The van der Waals surface area contributed by atoms with E-state index in [0.717, 1.165) is 54.4 Å². The summed E-state index contributed by atoms with van der Waals surface area (Å²) in [6.45, 7) is 1.52. The van der Waals surface area contributed by atoms with Gasteiger partial charge in [0, 0.05) is 42.5 Å². The molecule has 3 aromatic rings. The van der Waals surface area contributed by atoms with Crippen molar-refractivity contribution >= 4 is 17.1 Å². The quantitative estimate of drug-likeness (QED) is 0.473. The maximum atomic E-state index is 10.3. The van der Waals surface area contributed by atoms with Crippen LogP contribution in [0.5, 0.6) is 5.75 Å². The number of nitrogens with zero attached hydrogens (tertiary/aromatic N) is 3. The van der Waals surface area contributed by atoms with Crippen molar-refractivity contribution in [3.8, 4) is 11.8 Å². The van der Waals surface area contributed by atoms with Gasteiger partial charge in [0.15, 0.2) is 0 Å². The molecule has 2 aliphatic heterocycles. The van der Waals surface area contributed by atoms with Crippen molar-refractivity contribution in [3.63, 3.8) is 0 Å². The molecule has 1 aliphatic carbocycles. The first-order chi connectivity index (χ1) is 17.3. The van der Waals surface area contributed by atoms with E-state index in [-0.39, 0.29) is 18.1 Å². The van der Waals surface area contributed by atoms with Crippen LogP contribution in [0.2, 0.25) is 0 Å². The first-order valence-electron chi connectivity index (χ1n) is 12.6. The van der Waals surface area contributed by atoms with E-state index in [1.54, 1.807) is 6.20 Å². The van der Waals surface area contributed by atoms with E-state index in [1.165, 1.54) is 24.8 Å². The number of anilines is 3. The molecule has 2 fully saturated rings. The van der Waals surface area contributed by atoms with Crippen LogP contribution in [-0.4, -0.2) is 30.3 Å². The molecule has 6 nitrogen and oxygen atoms in total. The van der Waals surface area contributed by atoms with Crippen molar-refractivity contribution in [2.45, 2.75) is 56.2 Å². The SMILES string of the molecule is N#CC1c2ccc(OC3CCOCC3)cc2N(C2CCC2)C1c1ccc(Nc2cccnc2)cc1. The monoisotopic (exact) mass is 466 g/mol. The Morgan fingerprint density at radius 1 is 1.00 bits per heavy atom. The Morgan fingerprint density at radius 3 is 2.51 bits per heavy atom. The lowest BCUT2D eigenvalue weighted by Gasteiger charge is -2.41. The molecule has 0 spiro atoms. The lowest BCUT2D eigenvalue weighted by molar-refractivity contribution is 0.0256. The van der Waals surface area contributed by atoms with Crippen LogP contribution in [0.15, 0.2) is 67.0 Å². The summed E-state index contributed by atoms with van der Waals surface area (Å²) in [5, 5.41) is 13.7. The normalized spacial score (nSPS) is 22.2. The molecule has 178 valence electrons. The molecule has 6 heteroatoms. The predicted octanol–water partition coefficient (Wildman–Crippen LogP) is 6.10. The Hall–Kier alpha value is -3.56. The molecule has 6 rings (SSSR count). The van der Waals surface area contributed by atoms with Gasteiger partial charge < -0.3 is 19.7 Å². The van der Waals surface area contributed by atoms with E-state index in [1.807, 2.05) is 24.4 Å². The number of hydrogen-bond donors (Lipinski definition) is 1. The van der Waals surface area contributed by atoms with Crippen LogP contribution < -0.4 is 15.0 Å². The van der Waals surface area contributed by atoms with Crippen molar-refractivity contribution in [1.29, 1.82) is 5.26 Å². The molecular weight excluding hydrogens is 436 g/mol. The van der Waals surface area contributed by atoms with Gasteiger partial charge in [-0.3, -0.25) is 4.98 Å². The van der Waals surface area contributed by atoms with Gasteiger partial charge in [0.05, 0.1) is 43.1 Å². The molecule has 35 heavy (non-hydrogen) atoms. The minimum absolute atomic E-state index is 0.00562. The van der Waals surface area contributed by atoms with Gasteiger partial charge in [0.25, 0.3) is 0 Å². The number of fused-ring (bicyclic) bond motifs is 1. The number of hydrogen-bond acceptors (Lipinski definition) is 6. The molecule has 2 atom stereocenters. The van der Waals surface area contributed by atoms with E-state index >= 15 is 0 Å². The summed E-state index contributed by atoms with van der Waals surface area (Å²) < 4.78 is 11.8. The van der Waals surface area contributed by atoms with Crippen LogP contribution in [-0.2, 0) is 4.74 Å². The zero-order valence-corrected chi connectivity index (χ0v) is 19.8. The Labute approximate surface area is 206 Å². The Bertz CT molecular complexity index is 1200. The minimum Gasteiger partial charge on any atom is -0.490 e. The smallest absolute Gasteiger partial charge is 0.121 e. The van der Waals surface area contributed by atoms with Gasteiger partial charge in [-0.1, -0.05) is 18.2 Å². The number of rotatable bonds is 6. The summed E-state index contributed by atoms with van der Waals surface area (Å²) in [4.78, 5) is 6.68. The van der Waals surface area contributed by atoms with Gasteiger partial charge in [-0.05, 0) is 60.7 Å². The minimum atomic E-state index is -0.208. The molecule has 0 radical (unpaired) electrons. The van der Waals surface area contributed by atoms with E-state index in [2.05, 4.69) is 57.7 Å². The molecule has 1 saturated carbocycles. The van der Waals surface area contributed by atoms with Gasteiger partial charge >= 0.3 is 0 Å². The third-order valence-corrected chi connectivity index (χ3v) is 7.51. The number of ether oxygens (including phenoxy) is 2. The highest BCUT2D eigenvalue weighted by Gasteiger charge is 2.44. The lowest BCUT2D eigenvalue weighted by Crippen LogP contribution is -2.41. The molecule has 3 aliphatic rings. The first-order valence-corrected chi connectivity index (χ1v) is 12.6. The Kier molecular flexibility index (Phi) is 6.01. The van der Waals surface area contributed by atoms with Crippen LogP contribution in [0.3, 0.4) is 0 Å². The van der Waals surface area contributed by atoms with Crippen molar-refractivity contribution in [3.05, 3.63) is 78.1 Å². The summed E-state index contributed by atoms with van der Waals surface area (Å²) in [6, 6.07) is 21.9. The fraction of sp³-hybridized carbons (Fsp3) is 0.379. The topological polar surface area (TPSA) is 70.4 Å². The van der Waals surface area contributed by atoms with Gasteiger partial charge in [-0.2, -0.15) is 5.26 Å². The third kappa shape index (κ3) is 4.33. The molecule has 0 amide bonds. The second-order valence-electron chi connectivity index (χ2n) is 9.68. The van der Waals surface area contributed by atoms with E-state index in [4.69, 9.17) is 9.47 Å². The van der Waals surface area contributed by atoms with Crippen molar-refractivity contribution in [2.24, 2.45) is 0 Å². The standard InChI is InChI=1S/C29H30N4O2/c30-18-27-26-11-10-25(35-24-12-15-34-16-13-24)17-28(26)33(23-4-1-5-23)29(27)20-6-8-21(9-7-20)32-22-3-2-14-31-19-22/h2-3,6-11,14,17,19,23-24,27,29,32H,1,4-5,12-13,15-16H2. The summed E-state index contributed by atoms with van der Waals surface area (Å²) in [6.07, 6.45) is 9.20. The number of pyridine rings is 1. The van der Waals surface area contributed by atoms with Crippen molar-refractivity contribution in [1.82, 2.24) is 4.98 Å². The highest BCUT2D eigenvalue weighted by Crippen LogP contribution is 2.53. The van der Waals surface area contributed by atoms with Crippen LogP contribution in [0.25, 0.3) is 0 Å². The summed E-state index contributed by atoms with van der Waals surface area (Å²) >= 11 is 0. The van der Waals surface area contributed by atoms with Gasteiger partial charge in [-0.15, -0.1) is 0 Å². The van der Waals surface area contributed by atoms with Crippen LogP contribution in [0.4, 0.5) is 17.1 Å². The predicted molar refractivity (Wildman–Crippen MR) is 136 cm³/mol. The average Bonchev–Trinajstić information content (AvgIpc) is 3.18. The van der Waals surface area contributed by atoms with Crippen LogP contribution in [0, 0.1) is 11.3 Å². The van der Waals surface area contributed by atoms with Gasteiger partial charge in [-0.25, -0.2) is 0 Å². The van der Waals surface area contributed by atoms with Crippen LogP contribution in [0.1, 0.15) is 55.2 Å². The van der Waals surface area contributed by atoms with Crippen LogP contribution >= 0.6 is 0 Å². The third-order valence-electron chi connectivity index (χ3n) is 7.51. The molecule has 2 unspecified atom stereocenters. The number of aromatic nitrogens is 1. The fourth-order valence-electron chi connectivity index (χ4n) is 5.50. The molecular formula is C29H30N4O2.